The molecule has 0 saturated heterocycles. The number of benzene rings is 2. The van der Waals surface area contributed by atoms with Crippen LogP contribution in [-0.4, -0.2) is 27.3 Å². The van der Waals surface area contributed by atoms with E-state index < -0.39 is 0 Å². The standard InChI is InChI=1S/C20H17N3O/c24-20(15-5-3-7-17-14(15)8-10-21-17)23-11-9-19-16(12-23)13-4-1-2-6-18(13)22-19/h1-8,10,21-22H,9,11-12H2. The van der Waals surface area contributed by atoms with Gasteiger partial charge in [0.25, 0.3) is 5.91 Å². The molecular weight excluding hydrogens is 298 g/mol. The molecule has 0 spiro atoms. The number of H-pyrrole nitrogens is 2. The maximum absolute atomic E-state index is 13.1. The van der Waals surface area contributed by atoms with E-state index in [1.54, 1.807) is 0 Å². The van der Waals surface area contributed by atoms with E-state index in [9.17, 15) is 4.79 Å². The van der Waals surface area contributed by atoms with Gasteiger partial charge in [-0.05, 0) is 24.3 Å². The van der Waals surface area contributed by atoms with Gasteiger partial charge in [0.1, 0.15) is 0 Å². The Labute approximate surface area is 139 Å². The number of rotatable bonds is 1. The number of aromatic nitrogens is 2. The number of nitrogens with one attached hydrogen (secondary N) is 2. The molecule has 0 bridgehead atoms. The smallest absolute Gasteiger partial charge is 0.254 e. The Kier molecular flexibility index (Phi) is 2.80. The first kappa shape index (κ1) is 13.4. The summed E-state index contributed by atoms with van der Waals surface area (Å²) in [6.07, 6.45) is 2.76. The van der Waals surface area contributed by atoms with E-state index in [4.69, 9.17) is 0 Å². The maximum atomic E-state index is 13.1. The summed E-state index contributed by atoms with van der Waals surface area (Å²) < 4.78 is 0. The molecule has 1 aliphatic rings. The van der Waals surface area contributed by atoms with Crippen molar-refractivity contribution < 1.29 is 4.79 Å². The molecule has 0 fully saturated rings. The average Bonchev–Trinajstić information content (AvgIpc) is 3.24. The minimum atomic E-state index is 0.108. The molecule has 0 unspecified atom stereocenters. The van der Waals surface area contributed by atoms with E-state index in [0.29, 0.717) is 6.54 Å². The summed E-state index contributed by atoms with van der Waals surface area (Å²) in [6, 6.07) is 16.2. The molecule has 2 aromatic heterocycles. The molecule has 3 heterocycles. The summed E-state index contributed by atoms with van der Waals surface area (Å²) in [5.74, 6) is 0.108. The van der Waals surface area contributed by atoms with Crippen molar-refractivity contribution in [1.29, 1.82) is 0 Å². The molecule has 1 aliphatic heterocycles. The summed E-state index contributed by atoms with van der Waals surface area (Å²) in [7, 11) is 0. The number of para-hydroxylation sites is 1. The monoisotopic (exact) mass is 315 g/mol. The first-order valence-corrected chi connectivity index (χ1v) is 8.25. The molecule has 2 N–H and O–H groups in total. The Bertz CT molecular complexity index is 1070. The number of hydrogen-bond acceptors (Lipinski definition) is 1. The SMILES string of the molecule is O=C(c1cccc2[nH]ccc12)N1CCc2[nH]c3ccccc3c2C1. The van der Waals surface area contributed by atoms with Crippen molar-refractivity contribution in [3.05, 3.63) is 71.5 Å². The number of hydrogen-bond donors (Lipinski definition) is 2. The zero-order valence-corrected chi connectivity index (χ0v) is 13.2. The molecule has 4 nitrogen and oxygen atoms in total. The molecule has 1 amide bonds. The Morgan fingerprint density at radius 3 is 2.79 bits per heavy atom. The lowest BCUT2D eigenvalue weighted by Gasteiger charge is -2.27. The van der Waals surface area contributed by atoms with Crippen LogP contribution in [0.1, 0.15) is 21.6 Å². The molecule has 4 heteroatoms. The minimum absolute atomic E-state index is 0.108. The Hall–Kier alpha value is -3.01. The highest BCUT2D eigenvalue weighted by Crippen LogP contribution is 2.29. The van der Waals surface area contributed by atoms with E-state index in [0.717, 1.165) is 34.9 Å². The largest absolute Gasteiger partial charge is 0.361 e. The zero-order valence-electron chi connectivity index (χ0n) is 13.2. The fourth-order valence-electron chi connectivity index (χ4n) is 3.78. The summed E-state index contributed by atoms with van der Waals surface area (Å²) in [6.45, 7) is 1.42. The van der Waals surface area contributed by atoms with Crippen molar-refractivity contribution in [3.63, 3.8) is 0 Å². The first-order valence-electron chi connectivity index (χ1n) is 8.25. The molecule has 0 radical (unpaired) electrons. The van der Waals surface area contributed by atoms with Crippen molar-refractivity contribution in [2.75, 3.05) is 6.54 Å². The zero-order chi connectivity index (χ0) is 16.1. The Balaban J connectivity index is 1.54. The predicted molar refractivity (Wildman–Crippen MR) is 95.0 cm³/mol. The lowest BCUT2D eigenvalue weighted by Crippen LogP contribution is -2.35. The van der Waals surface area contributed by atoms with Crippen molar-refractivity contribution >= 4 is 27.7 Å². The minimum Gasteiger partial charge on any atom is -0.361 e. The quantitative estimate of drug-likeness (QED) is 0.551. The number of fused-ring (bicyclic) bond motifs is 4. The van der Waals surface area contributed by atoms with Gasteiger partial charge in [0.2, 0.25) is 0 Å². The van der Waals surface area contributed by atoms with E-state index in [1.807, 2.05) is 41.4 Å². The third kappa shape index (κ3) is 1.89. The van der Waals surface area contributed by atoms with E-state index in [2.05, 4.69) is 28.2 Å². The molecule has 5 rings (SSSR count). The summed E-state index contributed by atoms with van der Waals surface area (Å²) in [4.78, 5) is 21.7. The van der Waals surface area contributed by atoms with Gasteiger partial charge in [-0.15, -0.1) is 0 Å². The van der Waals surface area contributed by atoms with Crippen molar-refractivity contribution in [1.82, 2.24) is 14.9 Å². The Morgan fingerprint density at radius 1 is 0.958 bits per heavy atom. The fourth-order valence-corrected chi connectivity index (χ4v) is 3.78. The molecule has 0 saturated carbocycles. The van der Waals surface area contributed by atoms with Gasteiger partial charge in [0.15, 0.2) is 0 Å². The second-order valence-corrected chi connectivity index (χ2v) is 6.35. The first-order chi connectivity index (χ1) is 11.8. The third-order valence-electron chi connectivity index (χ3n) is 5.00. The molecule has 0 aliphatic carbocycles. The van der Waals surface area contributed by atoms with E-state index in [1.165, 1.54) is 16.6 Å². The lowest BCUT2D eigenvalue weighted by atomic mass is 10.0. The van der Waals surface area contributed by atoms with Gasteiger partial charge in [-0.25, -0.2) is 0 Å². The summed E-state index contributed by atoms with van der Waals surface area (Å²) in [5, 5.41) is 2.22. The molecule has 0 atom stereocenters. The van der Waals surface area contributed by atoms with Gasteiger partial charge >= 0.3 is 0 Å². The van der Waals surface area contributed by atoms with Crippen LogP contribution in [0.15, 0.2) is 54.7 Å². The Morgan fingerprint density at radius 2 is 1.83 bits per heavy atom. The van der Waals surface area contributed by atoms with Crippen LogP contribution in [0.2, 0.25) is 0 Å². The highest BCUT2D eigenvalue weighted by atomic mass is 16.2. The highest BCUT2D eigenvalue weighted by Gasteiger charge is 2.25. The molecule has 4 aromatic rings. The van der Waals surface area contributed by atoms with Gasteiger partial charge in [-0.3, -0.25) is 4.79 Å². The fraction of sp³-hybridized carbons (Fsp3) is 0.150. The lowest BCUT2D eigenvalue weighted by molar-refractivity contribution is 0.0737. The number of nitrogens with zero attached hydrogens (tertiary/aromatic N) is 1. The number of amides is 1. The normalized spacial score (nSPS) is 14.2. The second-order valence-electron chi connectivity index (χ2n) is 6.35. The predicted octanol–water partition coefficient (Wildman–Crippen LogP) is 3.85. The van der Waals surface area contributed by atoms with Gasteiger partial charge in [0, 0.05) is 64.3 Å². The topological polar surface area (TPSA) is 51.9 Å². The molecule has 2 aromatic carbocycles. The van der Waals surface area contributed by atoms with Crippen molar-refractivity contribution in [2.24, 2.45) is 0 Å². The van der Waals surface area contributed by atoms with Crippen LogP contribution < -0.4 is 0 Å². The maximum Gasteiger partial charge on any atom is 0.254 e. The van der Waals surface area contributed by atoms with Gasteiger partial charge < -0.3 is 14.9 Å². The average molecular weight is 315 g/mol. The van der Waals surface area contributed by atoms with Crippen LogP contribution in [0.4, 0.5) is 0 Å². The second kappa shape index (κ2) is 4.99. The van der Waals surface area contributed by atoms with Crippen LogP contribution in [0.5, 0.6) is 0 Å². The molecule has 118 valence electrons. The number of carbonyl (C=O) groups excluding carboxylic acids is 1. The van der Waals surface area contributed by atoms with Crippen LogP contribution in [0.25, 0.3) is 21.8 Å². The van der Waals surface area contributed by atoms with Gasteiger partial charge in [0.05, 0.1) is 0 Å². The van der Waals surface area contributed by atoms with Crippen molar-refractivity contribution in [2.45, 2.75) is 13.0 Å². The van der Waals surface area contributed by atoms with Crippen LogP contribution in [0, 0.1) is 0 Å². The van der Waals surface area contributed by atoms with Crippen LogP contribution >= 0.6 is 0 Å². The summed E-state index contributed by atoms with van der Waals surface area (Å²) in [5.41, 5.74) is 5.46. The highest BCUT2D eigenvalue weighted by molar-refractivity contribution is 6.06. The third-order valence-corrected chi connectivity index (χ3v) is 5.00. The van der Waals surface area contributed by atoms with Gasteiger partial charge in [-0.1, -0.05) is 24.3 Å². The van der Waals surface area contributed by atoms with Crippen LogP contribution in [0.3, 0.4) is 0 Å². The van der Waals surface area contributed by atoms with Crippen LogP contribution in [-0.2, 0) is 13.0 Å². The summed E-state index contributed by atoms with van der Waals surface area (Å²) >= 11 is 0. The van der Waals surface area contributed by atoms with Gasteiger partial charge in [-0.2, -0.15) is 0 Å². The molecule has 24 heavy (non-hydrogen) atoms. The van der Waals surface area contributed by atoms with E-state index in [-0.39, 0.29) is 5.91 Å². The van der Waals surface area contributed by atoms with Crippen molar-refractivity contribution in [3.8, 4) is 0 Å². The van der Waals surface area contributed by atoms with E-state index >= 15 is 0 Å². The number of carbonyl (C=O) groups is 1. The number of aromatic amines is 2. The molecular formula is C20H17N3O.